The zero-order chi connectivity index (χ0) is 20.2. The maximum Gasteiger partial charge on any atom is 0.397 e. The van der Waals surface area contributed by atoms with Gasteiger partial charge in [-0.05, 0) is 19.3 Å². The number of hydrogen-bond donors (Lipinski definition) is 3. The van der Waals surface area contributed by atoms with Crippen molar-refractivity contribution < 1.29 is 44.2 Å². The van der Waals surface area contributed by atoms with Gasteiger partial charge in [-0.25, -0.2) is 8.37 Å². The van der Waals surface area contributed by atoms with Crippen LogP contribution in [0.1, 0.15) is 71.1 Å². The molecule has 0 radical (unpaired) electrons. The summed E-state index contributed by atoms with van der Waals surface area (Å²) in [6.45, 7) is 2.06. The number of rotatable bonds is 16. The minimum absolute atomic E-state index is 0.0304. The molecule has 0 saturated heterocycles. The van der Waals surface area contributed by atoms with Crippen LogP contribution in [0, 0.1) is 0 Å². The van der Waals surface area contributed by atoms with Crippen LogP contribution >= 0.6 is 0 Å². The second kappa shape index (κ2) is 12.6. The van der Waals surface area contributed by atoms with E-state index in [4.69, 9.17) is 14.2 Å². The smallest absolute Gasteiger partial charge is 0.397 e. The van der Waals surface area contributed by atoms with Crippen molar-refractivity contribution in [2.75, 3.05) is 0 Å². The molecular weight excluding hydrogens is 392 g/mol. The van der Waals surface area contributed by atoms with E-state index < -0.39 is 39.0 Å². The van der Waals surface area contributed by atoms with Crippen LogP contribution in [0.25, 0.3) is 0 Å². The molecule has 0 aliphatic carbocycles. The fourth-order valence-electron chi connectivity index (χ4n) is 2.48. The molecule has 0 aromatic carbocycles. The van der Waals surface area contributed by atoms with Gasteiger partial charge in [0.15, 0.2) is 0 Å². The van der Waals surface area contributed by atoms with Crippen LogP contribution < -0.4 is 0 Å². The molecule has 3 N–H and O–H groups in total. The van der Waals surface area contributed by atoms with Gasteiger partial charge in [0.25, 0.3) is 0 Å². The van der Waals surface area contributed by atoms with Crippen LogP contribution in [0.4, 0.5) is 0 Å². The average molecular weight is 421 g/mol. The van der Waals surface area contributed by atoms with Gasteiger partial charge in [-0.1, -0.05) is 45.4 Å². The molecule has 0 bridgehead atoms. The number of aliphatic carboxylic acids is 1. The van der Waals surface area contributed by atoms with Crippen molar-refractivity contribution >= 4 is 26.8 Å². The van der Waals surface area contributed by atoms with Gasteiger partial charge >= 0.3 is 26.8 Å². The Bertz CT molecular complexity index is 599. The SMILES string of the molecule is CCCCCCCCC(OS(=O)(=O)O)C(CCCC(=O)O)OS(=O)(=O)O. The summed E-state index contributed by atoms with van der Waals surface area (Å²) in [7, 11) is -9.81. The largest absolute Gasteiger partial charge is 0.481 e. The summed E-state index contributed by atoms with van der Waals surface area (Å²) in [5, 5.41) is 8.65. The Kier molecular flexibility index (Phi) is 12.2. The topological polar surface area (TPSA) is 164 Å². The van der Waals surface area contributed by atoms with Gasteiger partial charge in [0, 0.05) is 6.42 Å². The highest BCUT2D eigenvalue weighted by atomic mass is 32.3. The lowest BCUT2D eigenvalue weighted by atomic mass is 10.0. The predicted molar refractivity (Wildman–Crippen MR) is 92.3 cm³/mol. The van der Waals surface area contributed by atoms with E-state index in [0.29, 0.717) is 6.42 Å². The van der Waals surface area contributed by atoms with E-state index in [1.54, 1.807) is 0 Å². The Morgan fingerprint density at radius 1 is 0.808 bits per heavy atom. The standard InChI is InChI=1S/C14H28O10S2/c1-2-3-4-5-6-7-9-12(23-25(17,18)19)13(24-26(20,21)22)10-8-11-14(15)16/h12-13H,2-11H2,1H3,(H,15,16)(H,17,18,19)(H,20,21,22). The number of carboxylic acid groups (broad SMARTS) is 1. The van der Waals surface area contributed by atoms with Crippen molar-refractivity contribution in [1.82, 2.24) is 0 Å². The molecule has 0 heterocycles. The lowest BCUT2D eigenvalue weighted by Crippen LogP contribution is -2.35. The number of carboxylic acids is 1. The second-order valence-electron chi connectivity index (χ2n) is 5.97. The minimum atomic E-state index is -4.92. The first-order chi connectivity index (χ1) is 11.9. The van der Waals surface area contributed by atoms with Gasteiger partial charge < -0.3 is 5.11 Å². The summed E-state index contributed by atoms with van der Waals surface area (Å²) in [4.78, 5) is 10.6. The number of carbonyl (C=O) groups is 1. The van der Waals surface area contributed by atoms with Gasteiger partial charge in [0.2, 0.25) is 0 Å². The van der Waals surface area contributed by atoms with E-state index in [1.165, 1.54) is 0 Å². The van der Waals surface area contributed by atoms with Crippen molar-refractivity contribution in [3.05, 3.63) is 0 Å². The average Bonchev–Trinajstić information content (AvgIpc) is 2.45. The van der Waals surface area contributed by atoms with Crippen molar-refractivity contribution in [2.45, 2.75) is 83.3 Å². The molecule has 0 aliphatic rings. The van der Waals surface area contributed by atoms with Gasteiger partial charge in [0.05, 0.1) is 0 Å². The molecule has 2 unspecified atom stereocenters. The van der Waals surface area contributed by atoms with E-state index in [2.05, 4.69) is 15.3 Å². The lowest BCUT2D eigenvalue weighted by molar-refractivity contribution is -0.137. The number of hydrogen-bond acceptors (Lipinski definition) is 7. The summed E-state index contributed by atoms with van der Waals surface area (Å²) in [6.07, 6.45) is 1.96. The quantitative estimate of drug-likeness (QED) is 0.249. The van der Waals surface area contributed by atoms with Crippen LogP contribution in [0.5, 0.6) is 0 Å². The highest BCUT2D eigenvalue weighted by Crippen LogP contribution is 2.21. The minimum Gasteiger partial charge on any atom is -0.481 e. The van der Waals surface area contributed by atoms with Crippen LogP contribution in [0.3, 0.4) is 0 Å². The van der Waals surface area contributed by atoms with Crippen LogP contribution in [-0.2, 0) is 34.0 Å². The van der Waals surface area contributed by atoms with Crippen LogP contribution in [-0.4, -0.2) is 49.2 Å². The first-order valence-electron chi connectivity index (χ1n) is 8.47. The maximum atomic E-state index is 11.0. The van der Waals surface area contributed by atoms with Gasteiger partial charge in [-0.2, -0.15) is 16.8 Å². The molecule has 10 nitrogen and oxygen atoms in total. The first-order valence-corrected chi connectivity index (χ1v) is 11.2. The van der Waals surface area contributed by atoms with Crippen molar-refractivity contribution in [3.63, 3.8) is 0 Å². The van der Waals surface area contributed by atoms with Gasteiger partial charge in [-0.3, -0.25) is 13.9 Å². The zero-order valence-corrected chi connectivity index (χ0v) is 16.4. The van der Waals surface area contributed by atoms with E-state index in [9.17, 15) is 21.6 Å². The Balaban J connectivity index is 4.95. The van der Waals surface area contributed by atoms with Crippen molar-refractivity contribution in [2.24, 2.45) is 0 Å². The van der Waals surface area contributed by atoms with E-state index in [0.717, 1.165) is 32.1 Å². The molecule has 0 aromatic heterocycles. The van der Waals surface area contributed by atoms with E-state index in [-0.39, 0.29) is 25.7 Å². The highest BCUT2D eigenvalue weighted by Gasteiger charge is 2.31. The third-order valence-electron chi connectivity index (χ3n) is 3.63. The molecule has 12 heteroatoms. The Morgan fingerprint density at radius 2 is 1.23 bits per heavy atom. The summed E-state index contributed by atoms with van der Waals surface area (Å²) in [6, 6.07) is 0. The lowest BCUT2D eigenvalue weighted by Gasteiger charge is -2.24. The fraction of sp³-hybridized carbons (Fsp3) is 0.929. The molecule has 26 heavy (non-hydrogen) atoms. The molecule has 2 atom stereocenters. The summed E-state index contributed by atoms with van der Waals surface area (Å²) in [5.74, 6) is -1.13. The molecule has 0 aromatic rings. The molecule has 0 saturated carbocycles. The molecule has 0 rings (SSSR count). The zero-order valence-electron chi connectivity index (χ0n) is 14.7. The Labute approximate surface area is 154 Å². The maximum absolute atomic E-state index is 11.0. The normalized spacial score (nSPS) is 14.9. The second-order valence-corrected chi connectivity index (χ2v) is 8.06. The summed E-state index contributed by atoms with van der Waals surface area (Å²) < 4.78 is 70.8. The fourth-order valence-corrected chi connectivity index (χ4v) is 3.55. The molecule has 0 spiro atoms. The molecule has 0 amide bonds. The summed E-state index contributed by atoms with van der Waals surface area (Å²) >= 11 is 0. The van der Waals surface area contributed by atoms with Crippen LogP contribution in [0.2, 0.25) is 0 Å². The molecule has 156 valence electrons. The highest BCUT2D eigenvalue weighted by molar-refractivity contribution is 7.81. The van der Waals surface area contributed by atoms with E-state index in [1.807, 2.05) is 0 Å². The van der Waals surface area contributed by atoms with Crippen molar-refractivity contribution in [1.29, 1.82) is 0 Å². The monoisotopic (exact) mass is 420 g/mol. The Hall–Kier alpha value is -0.790. The number of unbranched alkanes of at least 4 members (excludes halogenated alkanes) is 5. The van der Waals surface area contributed by atoms with E-state index >= 15 is 0 Å². The third kappa shape index (κ3) is 15.5. The molecule has 0 fully saturated rings. The van der Waals surface area contributed by atoms with Gasteiger partial charge in [-0.15, -0.1) is 0 Å². The summed E-state index contributed by atoms with van der Waals surface area (Å²) in [5.41, 5.74) is 0. The van der Waals surface area contributed by atoms with Gasteiger partial charge in [0.1, 0.15) is 12.2 Å². The Morgan fingerprint density at radius 3 is 1.65 bits per heavy atom. The van der Waals surface area contributed by atoms with Crippen molar-refractivity contribution in [3.8, 4) is 0 Å². The van der Waals surface area contributed by atoms with Crippen LogP contribution in [0.15, 0.2) is 0 Å². The molecule has 0 aliphatic heterocycles. The first kappa shape index (κ1) is 25.2. The third-order valence-corrected chi connectivity index (χ3v) is 4.61. The predicted octanol–water partition coefficient (Wildman–Crippen LogP) is 2.37. The molecular formula is C14H28O10S2.